The first kappa shape index (κ1) is 19.4. The summed E-state index contributed by atoms with van der Waals surface area (Å²) >= 11 is 3.47. The number of nitrogens with one attached hydrogen (secondary N) is 1. The van der Waals surface area contributed by atoms with Gasteiger partial charge in [-0.15, -0.1) is 0 Å². The molecule has 7 heteroatoms. The number of aromatic nitrogens is 2. The van der Waals surface area contributed by atoms with Crippen molar-refractivity contribution in [2.24, 2.45) is 0 Å². The van der Waals surface area contributed by atoms with Gasteiger partial charge in [0.15, 0.2) is 5.78 Å². The van der Waals surface area contributed by atoms with Crippen molar-refractivity contribution in [1.82, 2.24) is 15.1 Å². The molecular formula is C22H21BrN4O2. The lowest BCUT2D eigenvalue weighted by atomic mass is 10.1. The number of carbonyl (C=O) groups excluding carboxylic acids is 2. The van der Waals surface area contributed by atoms with Crippen LogP contribution in [-0.2, 0) is 0 Å². The summed E-state index contributed by atoms with van der Waals surface area (Å²) in [5, 5.41) is 7.07. The van der Waals surface area contributed by atoms with Crippen molar-refractivity contribution in [2.75, 3.05) is 31.1 Å². The lowest BCUT2D eigenvalue weighted by Crippen LogP contribution is -2.48. The fourth-order valence-corrected chi connectivity index (χ4v) is 3.96. The molecule has 2 aromatic carbocycles. The van der Waals surface area contributed by atoms with Crippen LogP contribution in [-0.4, -0.2) is 53.0 Å². The van der Waals surface area contributed by atoms with Crippen molar-refractivity contribution >= 4 is 33.3 Å². The lowest BCUT2D eigenvalue weighted by Gasteiger charge is -2.36. The number of hydrogen-bond acceptors (Lipinski definition) is 4. The molecule has 0 aliphatic carbocycles. The topological polar surface area (TPSA) is 69.3 Å². The van der Waals surface area contributed by atoms with Crippen LogP contribution in [0.2, 0.25) is 0 Å². The molecule has 0 bridgehead atoms. The zero-order chi connectivity index (χ0) is 20.4. The molecule has 1 N–H and O–H groups in total. The Bertz CT molecular complexity index is 1040. The van der Waals surface area contributed by atoms with Crippen LogP contribution in [0.3, 0.4) is 0 Å². The van der Waals surface area contributed by atoms with E-state index in [0.29, 0.717) is 24.2 Å². The zero-order valence-corrected chi connectivity index (χ0v) is 17.6. The van der Waals surface area contributed by atoms with Crippen molar-refractivity contribution in [1.29, 1.82) is 0 Å². The zero-order valence-electron chi connectivity index (χ0n) is 16.1. The maximum atomic E-state index is 13.1. The smallest absolute Gasteiger partial charge is 0.257 e. The highest BCUT2D eigenvalue weighted by Crippen LogP contribution is 2.26. The Hall–Kier alpha value is -2.93. The quantitative estimate of drug-likeness (QED) is 0.607. The number of nitrogens with zero attached hydrogens (tertiary/aromatic N) is 3. The van der Waals surface area contributed by atoms with Gasteiger partial charge in [-0.3, -0.25) is 14.7 Å². The number of aromatic amines is 1. The summed E-state index contributed by atoms with van der Waals surface area (Å²) < 4.78 is 0.951. The second-order valence-electron chi connectivity index (χ2n) is 7.05. The first-order chi connectivity index (χ1) is 14.0. The number of ketones is 1. The van der Waals surface area contributed by atoms with Crippen LogP contribution in [0.25, 0.3) is 11.3 Å². The number of amides is 1. The van der Waals surface area contributed by atoms with Gasteiger partial charge in [0.2, 0.25) is 0 Å². The fourth-order valence-electron chi connectivity index (χ4n) is 3.56. The minimum atomic E-state index is -0.0136. The molecule has 0 atom stereocenters. The average Bonchev–Trinajstić information content (AvgIpc) is 3.23. The molecule has 0 unspecified atom stereocenters. The van der Waals surface area contributed by atoms with Crippen molar-refractivity contribution in [2.45, 2.75) is 6.92 Å². The second-order valence-corrected chi connectivity index (χ2v) is 7.97. The summed E-state index contributed by atoms with van der Waals surface area (Å²) in [5.74, 6) is 0.0497. The number of hydrogen-bond donors (Lipinski definition) is 1. The van der Waals surface area contributed by atoms with Crippen LogP contribution >= 0.6 is 15.9 Å². The minimum absolute atomic E-state index is 0.0136. The van der Waals surface area contributed by atoms with Gasteiger partial charge in [-0.25, -0.2) is 0 Å². The van der Waals surface area contributed by atoms with Crippen molar-refractivity contribution in [3.63, 3.8) is 0 Å². The highest BCUT2D eigenvalue weighted by molar-refractivity contribution is 9.10. The second kappa shape index (κ2) is 8.21. The predicted octanol–water partition coefficient (Wildman–Crippen LogP) is 4.00. The highest BCUT2D eigenvalue weighted by Gasteiger charge is 2.25. The van der Waals surface area contributed by atoms with E-state index in [1.54, 1.807) is 13.1 Å². The number of benzene rings is 2. The SMILES string of the molecule is CC(=O)c1ccc(N2CCN(C(=O)c3cn[nH]c3-c3cccc(Br)c3)CC2)cc1. The fraction of sp³-hybridized carbons (Fsp3) is 0.227. The third-order valence-corrected chi connectivity index (χ3v) is 5.68. The van der Waals surface area contributed by atoms with Crippen LogP contribution in [0.4, 0.5) is 5.69 Å². The molecule has 1 aliphatic rings. The van der Waals surface area contributed by atoms with E-state index in [2.05, 4.69) is 31.0 Å². The monoisotopic (exact) mass is 452 g/mol. The van der Waals surface area contributed by atoms with Crippen molar-refractivity contribution < 1.29 is 9.59 Å². The van der Waals surface area contributed by atoms with Crippen LogP contribution < -0.4 is 4.90 Å². The van der Waals surface area contributed by atoms with E-state index >= 15 is 0 Å². The predicted molar refractivity (Wildman–Crippen MR) is 116 cm³/mol. The maximum absolute atomic E-state index is 13.1. The molecule has 3 aromatic rings. The van der Waals surface area contributed by atoms with Gasteiger partial charge in [0.1, 0.15) is 0 Å². The molecule has 1 aliphatic heterocycles. The molecule has 0 saturated carbocycles. The maximum Gasteiger partial charge on any atom is 0.257 e. The summed E-state index contributed by atoms with van der Waals surface area (Å²) in [7, 11) is 0. The number of carbonyl (C=O) groups is 2. The Morgan fingerprint density at radius 2 is 1.76 bits per heavy atom. The molecule has 1 amide bonds. The molecule has 1 saturated heterocycles. The summed E-state index contributed by atoms with van der Waals surface area (Å²) in [6.45, 7) is 4.33. The highest BCUT2D eigenvalue weighted by atomic mass is 79.9. The normalized spacial score (nSPS) is 14.1. The number of piperazine rings is 1. The number of rotatable bonds is 4. The molecule has 1 fully saturated rings. The molecule has 29 heavy (non-hydrogen) atoms. The molecule has 0 radical (unpaired) electrons. The van der Waals surface area contributed by atoms with Crippen LogP contribution in [0.5, 0.6) is 0 Å². The molecule has 6 nitrogen and oxygen atoms in total. The third-order valence-electron chi connectivity index (χ3n) is 5.19. The summed E-state index contributed by atoms with van der Waals surface area (Å²) in [6, 6.07) is 15.4. The Balaban J connectivity index is 1.45. The lowest BCUT2D eigenvalue weighted by molar-refractivity contribution is 0.0747. The largest absolute Gasteiger partial charge is 0.368 e. The van der Waals surface area contributed by atoms with E-state index in [1.165, 1.54) is 0 Å². The van der Waals surface area contributed by atoms with Gasteiger partial charge in [0, 0.05) is 47.5 Å². The van der Waals surface area contributed by atoms with Gasteiger partial charge < -0.3 is 9.80 Å². The molecule has 148 valence electrons. The first-order valence-electron chi connectivity index (χ1n) is 9.47. The number of halogens is 1. The molecule has 1 aromatic heterocycles. The van der Waals surface area contributed by atoms with Gasteiger partial charge >= 0.3 is 0 Å². The van der Waals surface area contributed by atoms with Gasteiger partial charge in [-0.05, 0) is 43.3 Å². The molecule has 2 heterocycles. The Morgan fingerprint density at radius 3 is 2.41 bits per heavy atom. The minimum Gasteiger partial charge on any atom is -0.368 e. The van der Waals surface area contributed by atoms with Crippen LogP contribution in [0.1, 0.15) is 27.6 Å². The summed E-state index contributed by atoms with van der Waals surface area (Å²) in [4.78, 5) is 28.6. The summed E-state index contributed by atoms with van der Waals surface area (Å²) in [6.07, 6.45) is 1.60. The van der Waals surface area contributed by atoms with Crippen molar-refractivity contribution in [3.05, 3.63) is 70.3 Å². The number of H-pyrrole nitrogens is 1. The van der Waals surface area contributed by atoms with Gasteiger partial charge in [0.05, 0.1) is 17.5 Å². The first-order valence-corrected chi connectivity index (χ1v) is 10.3. The Labute approximate surface area is 177 Å². The molecule has 4 rings (SSSR count). The van der Waals surface area contributed by atoms with E-state index in [1.807, 2.05) is 53.4 Å². The van der Waals surface area contributed by atoms with E-state index in [4.69, 9.17) is 0 Å². The van der Waals surface area contributed by atoms with Crippen LogP contribution in [0, 0.1) is 0 Å². The van der Waals surface area contributed by atoms with Crippen LogP contribution in [0.15, 0.2) is 59.2 Å². The Kier molecular flexibility index (Phi) is 5.49. The summed E-state index contributed by atoms with van der Waals surface area (Å²) in [5.41, 5.74) is 4.02. The number of anilines is 1. The Morgan fingerprint density at radius 1 is 1.03 bits per heavy atom. The third kappa shape index (κ3) is 4.10. The van der Waals surface area contributed by atoms with E-state index in [9.17, 15) is 9.59 Å². The van der Waals surface area contributed by atoms with Gasteiger partial charge in [-0.2, -0.15) is 5.10 Å². The molecule has 0 spiro atoms. The van der Waals surface area contributed by atoms with E-state index in [-0.39, 0.29) is 11.7 Å². The molecular weight excluding hydrogens is 432 g/mol. The average molecular weight is 453 g/mol. The standard InChI is InChI=1S/C22H21BrN4O2/c1-15(28)16-5-7-19(8-6-16)26-9-11-27(12-10-26)22(29)20-14-24-25-21(20)17-3-2-4-18(23)13-17/h2-8,13-14H,9-12H2,1H3,(H,24,25). The van der Waals surface area contributed by atoms with Crippen molar-refractivity contribution in [3.8, 4) is 11.3 Å². The van der Waals surface area contributed by atoms with E-state index in [0.717, 1.165) is 34.5 Å². The number of Topliss-reactive ketones (excluding diaryl/α,β-unsaturated/α-hetero) is 1. The van der Waals surface area contributed by atoms with Gasteiger partial charge in [0.25, 0.3) is 5.91 Å². The van der Waals surface area contributed by atoms with Gasteiger partial charge in [-0.1, -0.05) is 28.1 Å². The van der Waals surface area contributed by atoms with E-state index < -0.39 is 0 Å².